The molecule has 2 unspecified atom stereocenters. The Morgan fingerprint density at radius 1 is 1.09 bits per heavy atom. The monoisotopic (exact) mass is 493 g/mol. The number of nitrogens with zero attached hydrogens (tertiary/aromatic N) is 2. The summed E-state index contributed by atoms with van der Waals surface area (Å²) in [5.74, 6) is 0.340. The van der Waals surface area contributed by atoms with Crippen LogP contribution in [0.15, 0.2) is 48.5 Å². The van der Waals surface area contributed by atoms with E-state index in [9.17, 15) is 14.4 Å². The summed E-state index contributed by atoms with van der Waals surface area (Å²) in [6, 6.07) is 15.4. The lowest BCUT2D eigenvalue weighted by Gasteiger charge is -2.38. The van der Waals surface area contributed by atoms with Gasteiger partial charge in [0.2, 0.25) is 5.91 Å². The van der Waals surface area contributed by atoms with Gasteiger partial charge in [0.05, 0.1) is 11.8 Å². The second-order valence-electron chi connectivity index (χ2n) is 9.69. The number of anilines is 1. The van der Waals surface area contributed by atoms with Gasteiger partial charge in [-0.1, -0.05) is 38.1 Å². The summed E-state index contributed by atoms with van der Waals surface area (Å²) in [7, 11) is 0. The number of amides is 3. The average Bonchev–Trinajstić information content (AvgIpc) is 3.37. The van der Waals surface area contributed by atoms with Crippen molar-refractivity contribution < 1.29 is 19.1 Å². The third-order valence-corrected chi connectivity index (χ3v) is 8.11. The summed E-state index contributed by atoms with van der Waals surface area (Å²) < 4.78 is 5.72. The average molecular weight is 494 g/mol. The van der Waals surface area contributed by atoms with Crippen molar-refractivity contribution in [2.45, 2.75) is 56.5 Å². The summed E-state index contributed by atoms with van der Waals surface area (Å²) >= 11 is 1.59. The van der Waals surface area contributed by atoms with E-state index in [0.717, 1.165) is 19.3 Å². The molecule has 2 atom stereocenters. The van der Waals surface area contributed by atoms with Gasteiger partial charge in [0, 0.05) is 36.8 Å². The molecule has 0 aromatic heterocycles. The van der Waals surface area contributed by atoms with E-state index in [1.54, 1.807) is 36.0 Å². The smallest absolute Gasteiger partial charge is 0.411 e. The van der Waals surface area contributed by atoms with Crippen LogP contribution in [0, 0.1) is 0 Å². The number of carbonyl (C=O) groups is 3. The van der Waals surface area contributed by atoms with Crippen LogP contribution in [0.3, 0.4) is 0 Å². The Bertz CT molecular complexity index is 1110. The van der Waals surface area contributed by atoms with Crippen molar-refractivity contribution in [2.75, 3.05) is 24.2 Å². The second-order valence-corrected chi connectivity index (χ2v) is 11.3. The van der Waals surface area contributed by atoms with Crippen molar-refractivity contribution >= 4 is 35.4 Å². The molecule has 35 heavy (non-hydrogen) atoms. The van der Waals surface area contributed by atoms with Gasteiger partial charge in [-0.25, -0.2) is 4.79 Å². The molecule has 5 rings (SSSR count). The number of thioether (sulfide) groups is 1. The van der Waals surface area contributed by atoms with E-state index in [-0.39, 0.29) is 36.1 Å². The minimum Gasteiger partial charge on any atom is -0.443 e. The van der Waals surface area contributed by atoms with Crippen LogP contribution in [0.1, 0.15) is 54.2 Å². The molecule has 0 spiro atoms. The first-order valence-corrected chi connectivity index (χ1v) is 13.3. The largest absolute Gasteiger partial charge is 0.443 e. The summed E-state index contributed by atoms with van der Waals surface area (Å²) in [4.78, 5) is 41.6. The minimum absolute atomic E-state index is 0.0207. The molecule has 0 saturated carbocycles. The summed E-state index contributed by atoms with van der Waals surface area (Å²) in [5, 5.41) is 3.28. The quantitative estimate of drug-likeness (QED) is 0.642. The molecule has 2 fully saturated rings. The number of fused-ring (bicyclic) bond motifs is 3. The fourth-order valence-corrected chi connectivity index (χ4v) is 5.87. The molecule has 3 amide bonds. The van der Waals surface area contributed by atoms with Crippen molar-refractivity contribution in [3.05, 3.63) is 65.2 Å². The lowest BCUT2D eigenvalue weighted by Crippen LogP contribution is -2.47. The number of benzene rings is 2. The topological polar surface area (TPSA) is 79.0 Å². The minimum atomic E-state index is -0.233. The van der Waals surface area contributed by atoms with E-state index >= 15 is 0 Å². The highest BCUT2D eigenvalue weighted by atomic mass is 32.2. The van der Waals surface area contributed by atoms with Gasteiger partial charge in [0.25, 0.3) is 5.91 Å². The molecule has 0 bridgehead atoms. The van der Waals surface area contributed by atoms with E-state index in [1.165, 1.54) is 11.1 Å². The summed E-state index contributed by atoms with van der Waals surface area (Å²) in [5.41, 5.74) is 3.74. The van der Waals surface area contributed by atoms with Crippen LogP contribution in [0.25, 0.3) is 0 Å². The highest BCUT2D eigenvalue weighted by molar-refractivity contribution is 8.00. The molecule has 3 aliphatic rings. The zero-order valence-electron chi connectivity index (χ0n) is 20.1. The van der Waals surface area contributed by atoms with E-state index in [1.807, 2.05) is 21.9 Å². The Morgan fingerprint density at radius 2 is 1.80 bits per heavy atom. The van der Waals surface area contributed by atoms with Gasteiger partial charge in [-0.2, -0.15) is 0 Å². The number of carbonyl (C=O) groups excluding carboxylic acids is 3. The molecule has 2 aromatic carbocycles. The van der Waals surface area contributed by atoms with Crippen molar-refractivity contribution in [2.24, 2.45) is 0 Å². The number of ether oxygens (including phenoxy) is 1. The lowest BCUT2D eigenvalue weighted by molar-refractivity contribution is -0.113. The number of hydrogen-bond donors (Lipinski definition) is 1. The first kappa shape index (κ1) is 23.7. The highest BCUT2D eigenvalue weighted by Crippen LogP contribution is 2.44. The Hall–Kier alpha value is -3.00. The zero-order chi connectivity index (χ0) is 24.5. The predicted octanol–water partition coefficient (Wildman–Crippen LogP) is 4.49. The zero-order valence-corrected chi connectivity index (χ0v) is 20.9. The van der Waals surface area contributed by atoms with Crippen LogP contribution < -0.4 is 5.32 Å². The van der Waals surface area contributed by atoms with Crippen LogP contribution in [0.5, 0.6) is 0 Å². The number of piperidine rings is 1. The number of rotatable bonds is 6. The maximum atomic E-state index is 13.1. The standard InChI is InChI=1S/C27H31N3O4S/c1-17(2)35-16-24(31)28-20-9-7-18(8-10-20)26(32)29-13-11-21(12-14-29)30-25-22-6-4-3-5-19(22)15-23(25)34-27(30)33/h3-10,17,21,23,25H,11-16H2,1-2H3,(H,28,31). The molecule has 1 N–H and O–H groups in total. The first-order valence-electron chi connectivity index (χ1n) is 12.3. The van der Waals surface area contributed by atoms with E-state index < -0.39 is 0 Å². The van der Waals surface area contributed by atoms with Crippen molar-refractivity contribution in [1.29, 1.82) is 0 Å². The molecule has 8 heteroatoms. The van der Waals surface area contributed by atoms with Gasteiger partial charge in [-0.3, -0.25) is 14.5 Å². The van der Waals surface area contributed by atoms with Crippen LogP contribution in [0.2, 0.25) is 0 Å². The Kier molecular flexibility index (Phi) is 6.73. The van der Waals surface area contributed by atoms with E-state index in [0.29, 0.717) is 35.3 Å². The van der Waals surface area contributed by atoms with Gasteiger partial charge in [-0.15, -0.1) is 11.8 Å². The maximum Gasteiger partial charge on any atom is 0.411 e. The fraction of sp³-hybridized carbons (Fsp3) is 0.444. The van der Waals surface area contributed by atoms with Crippen molar-refractivity contribution in [3.63, 3.8) is 0 Å². The Balaban J connectivity index is 1.17. The predicted molar refractivity (Wildman–Crippen MR) is 137 cm³/mol. The van der Waals surface area contributed by atoms with Gasteiger partial charge in [-0.05, 0) is 53.5 Å². The summed E-state index contributed by atoms with van der Waals surface area (Å²) in [6.07, 6.45) is 1.89. The summed E-state index contributed by atoms with van der Waals surface area (Å²) in [6.45, 7) is 5.30. The molecule has 184 valence electrons. The third kappa shape index (κ3) is 4.89. The Morgan fingerprint density at radius 3 is 2.51 bits per heavy atom. The second kappa shape index (κ2) is 9.93. The van der Waals surface area contributed by atoms with E-state index in [2.05, 4.69) is 31.3 Å². The molecule has 2 heterocycles. The lowest BCUT2D eigenvalue weighted by atomic mass is 9.98. The SMILES string of the molecule is CC(C)SCC(=O)Nc1ccc(C(=O)N2CCC(N3C(=O)OC4Cc5ccccc5C43)CC2)cc1. The van der Waals surface area contributed by atoms with Crippen molar-refractivity contribution in [1.82, 2.24) is 9.80 Å². The highest BCUT2D eigenvalue weighted by Gasteiger charge is 2.50. The molecule has 0 radical (unpaired) electrons. The van der Waals surface area contributed by atoms with Crippen molar-refractivity contribution in [3.8, 4) is 0 Å². The van der Waals surface area contributed by atoms with Crippen LogP contribution in [-0.2, 0) is 16.0 Å². The van der Waals surface area contributed by atoms with Gasteiger partial charge in [0.1, 0.15) is 6.10 Å². The molecule has 7 nitrogen and oxygen atoms in total. The number of nitrogens with one attached hydrogen (secondary N) is 1. The number of likely N-dealkylation sites (tertiary alicyclic amines) is 1. The molecular weight excluding hydrogens is 462 g/mol. The maximum absolute atomic E-state index is 13.1. The van der Waals surface area contributed by atoms with Gasteiger partial charge in [0.15, 0.2) is 0 Å². The van der Waals surface area contributed by atoms with Crippen LogP contribution >= 0.6 is 11.8 Å². The van der Waals surface area contributed by atoms with Crippen LogP contribution in [0.4, 0.5) is 10.5 Å². The molecule has 2 saturated heterocycles. The molecule has 2 aliphatic heterocycles. The first-order chi connectivity index (χ1) is 16.9. The normalized spacial score (nSPS) is 21.6. The third-order valence-electron chi connectivity index (χ3n) is 7.02. The molecule has 2 aromatic rings. The van der Waals surface area contributed by atoms with Crippen LogP contribution in [-0.4, -0.2) is 63.9 Å². The van der Waals surface area contributed by atoms with E-state index in [4.69, 9.17) is 4.74 Å². The molecule has 1 aliphatic carbocycles. The Labute approximate surface area is 210 Å². The van der Waals surface area contributed by atoms with Gasteiger partial charge >= 0.3 is 6.09 Å². The molecular formula is C27H31N3O4S. The van der Waals surface area contributed by atoms with Gasteiger partial charge < -0.3 is 15.0 Å². The fourth-order valence-electron chi connectivity index (χ4n) is 5.32. The number of hydrogen-bond acceptors (Lipinski definition) is 5.